The molecule has 2 aromatic rings. The Balaban J connectivity index is 1.61. The Morgan fingerprint density at radius 2 is 2.04 bits per heavy atom. The molecular formula is C17H23N5O. The van der Waals surface area contributed by atoms with Crippen LogP contribution in [0.4, 0.5) is 11.8 Å². The molecule has 0 amide bonds. The van der Waals surface area contributed by atoms with Gasteiger partial charge in [0.15, 0.2) is 0 Å². The molecule has 23 heavy (non-hydrogen) atoms. The van der Waals surface area contributed by atoms with E-state index in [9.17, 15) is 5.11 Å². The molecule has 122 valence electrons. The van der Waals surface area contributed by atoms with E-state index in [0.29, 0.717) is 0 Å². The van der Waals surface area contributed by atoms with Crippen LogP contribution in [-0.2, 0) is 0 Å². The Bertz CT molecular complexity index is 613. The molecule has 1 fully saturated rings. The zero-order valence-corrected chi connectivity index (χ0v) is 13.4. The van der Waals surface area contributed by atoms with Crippen molar-refractivity contribution in [1.82, 2.24) is 15.0 Å². The maximum absolute atomic E-state index is 10.5. The van der Waals surface area contributed by atoms with Gasteiger partial charge < -0.3 is 15.3 Å². The molecule has 1 aliphatic heterocycles. The van der Waals surface area contributed by atoms with Gasteiger partial charge in [0.05, 0.1) is 11.8 Å². The van der Waals surface area contributed by atoms with Crippen molar-refractivity contribution in [1.29, 1.82) is 0 Å². The molecular weight excluding hydrogens is 290 g/mol. The van der Waals surface area contributed by atoms with Gasteiger partial charge in [-0.2, -0.15) is 4.98 Å². The number of nitrogens with zero attached hydrogens (tertiary/aromatic N) is 4. The molecule has 0 bridgehead atoms. The summed E-state index contributed by atoms with van der Waals surface area (Å²) < 4.78 is 0. The minimum Gasteiger partial charge on any atom is -0.387 e. The average molecular weight is 313 g/mol. The maximum atomic E-state index is 10.5. The topological polar surface area (TPSA) is 74.2 Å². The summed E-state index contributed by atoms with van der Waals surface area (Å²) in [5.74, 6) is 1.85. The lowest BCUT2D eigenvalue weighted by atomic mass is 9.89. The van der Waals surface area contributed by atoms with Crippen LogP contribution in [0.15, 0.2) is 36.7 Å². The normalized spacial score (nSPS) is 17.0. The molecule has 2 aromatic heterocycles. The van der Waals surface area contributed by atoms with E-state index in [-0.39, 0.29) is 5.92 Å². The third-order valence-corrected chi connectivity index (χ3v) is 4.26. The number of hydrogen-bond acceptors (Lipinski definition) is 6. The largest absolute Gasteiger partial charge is 0.387 e. The molecule has 0 aromatic carbocycles. The molecule has 1 unspecified atom stereocenters. The van der Waals surface area contributed by atoms with Crippen molar-refractivity contribution >= 4 is 11.8 Å². The van der Waals surface area contributed by atoms with Crippen LogP contribution in [-0.4, -0.2) is 39.7 Å². The Labute approximate surface area is 136 Å². The molecule has 6 nitrogen and oxygen atoms in total. The third-order valence-electron chi connectivity index (χ3n) is 4.26. The second kappa shape index (κ2) is 7.37. The number of aromatic nitrogens is 3. The van der Waals surface area contributed by atoms with E-state index in [0.717, 1.165) is 49.9 Å². The van der Waals surface area contributed by atoms with Crippen molar-refractivity contribution in [3.8, 4) is 0 Å². The molecule has 0 radical (unpaired) electrons. The number of piperidine rings is 1. The van der Waals surface area contributed by atoms with Crippen molar-refractivity contribution < 1.29 is 5.11 Å². The van der Waals surface area contributed by atoms with Crippen LogP contribution in [0.25, 0.3) is 0 Å². The van der Waals surface area contributed by atoms with Crippen LogP contribution in [0.1, 0.15) is 31.6 Å². The summed E-state index contributed by atoms with van der Waals surface area (Å²) in [5, 5.41) is 13.7. The number of aliphatic hydroxyl groups is 1. The van der Waals surface area contributed by atoms with Gasteiger partial charge in [-0.1, -0.05) is 6.07 Å². The lowest BCUT2D eigenvalue weighted by molar-refractivity contribution is 0.0889. The minimum atomic E-state index is -0.493. The van der Waals surface area contributed by atoms with Gasteiger partial charge in [0, 0.05) is 32.0 Å². The highest BCUT2D eigenvalue weighted by molar-refractivity contribution is 5.41. The maximum Gasteiger partial charge on any atom is 0.227 e. The van der Waals surface area contributed by atoms with Gasteiger partial charge in [-0.05, 0) is 43.9 Å². The summed E-state index contributed by atoms with van der Waals surface area (Å²) in [7, 11) is 0. The van der Waals surface area contributed by atoms with E-state index in [1.54, 1.807) is 12.4 Å². The Morgan fingerprint density at radius 1 is 1.22 bits per heavy atom. The molecule has 1 atom stereocenters. The van der Waals surface area contributed by atoms with E-state index in [1.165, 1.54) is 0 Å². The van der Waals surface area contributed by atoms with E-state index in [2.05, 4.69) is 25.2 Å². The van der Waals surface area contributed by atoms with Crippen molar-refractivity contribution in [3.05, 3.63) is 42.4 Å². The molecule has 2 N–H and O–H groups in total. The molecule has 0 saturated carbocycles. The summed E-state index contributed by atoms with van der Waals surface area (Å²) in [6.07, 6.45) is 4.84. The first-order valence-electron chi connectivity index (χ1n) is 8.18. The van der Waals surface area contributed by atoms with Crippen molar-refractivity contribution in [2.24, 2.45) is 5.92 Å². The summed E-state index contributed by atoms with van der Waals surface area (Å²) in [5.41, 5.74) is 0.761. The fraction of sp³-hybridized carbons (Fsp3) is 0.471. The molecule has 6 heteroatoms. The van der Waals surface area contributed by atoms with Gasteiger partial charge in [0.25, 0.3) is 0 Å². The molecule has 0 spiro atoms. The second-order valence-corrected chi connectivity index (χ2v) is 5.80. The average Bonchev–Trinajstić information content (AvgIpc) is 2.62. The smallest absolute Gasteiger partial charge is 0.227 e. The van der Waals surface area contributed by atoms with E-state index in [4.69, 9.17) is 0 Å². The quantitative estimate of drug-likeness (QED) is 0.882. The van der Waals surface area contributed by atoms with Gasteiger partial charge in [-0.25, -0.2) is 4.98 Å². The van der Waals surface area contributed by atoms with Crippen molar-refractivity contribution in [3.63, 3.8) is 0 Å². The number of aliphatic hydroxyl groups excluding tert-OH is 1. The molecule has 3 rings (SSSR count). The predicted octanol–water partition coefficient (Wildman–Crippen LogP) is 2.25. The fourth-order valence-electron chi connectivity index (χ4n) is 2.99. The fourth-order valence-corrected chi connectivity index (χ4v) is 2.99. The van der Waals surface area contributed by atoms with E-state index in [1.807, 2.05) is 31.2 Å². The van der Waals surface area contributed by atoms with Crippen molar-refractivity contribution in [2.75, 3.05) is 29.9 Å². The van der Waals surface area contributed by atoms with Crippen molar-refractivity contribution in [2.45, 2.75) is 25.9 Å². The minimum absolute atomic E-state index is 0.234. The highest BCUT2D eigenvalue weighted by Crippen LogP contribution is 2.30. The summed E-state index contributed by atoms with van der Waals surface area (Å²) >= 11 is 0. The van der Waals surface area contributed by atoms with Gasteiger partial charge in [-0.3, -0.25) is 4.98 Å². The van der Waals surface area contributed by atoms with Crippen LogP contribution in [0.5, 0.6) is 0 Å². The summed E-state index contributed by atoms with van der Waals surface area (Å²) in [6.45, 7) is 4.59. The standard InChI is InChI=1S/C17H23N5O/c1-2-18-15-6-10-20-17(21-15)22-11-7-13(8-12-22)16(23)14-5-3-4-9-19-14/h3-6,9-10,13,16,23H,2,7-8,11-12H2,1H3,(H,18,20,21). The van der Waals surface area contributed by atoms with Gasteiger partial charge in [0.1, 0.15) is 5.82 Å². The van der Waals surface area contributed by atoms with Gasteiger partial charge in [0.2, 0.25) is 5.95 Å². The lowest BCUT2D eigenvalue weighted by Crippen LogP contribution is -2.36. The van der Waals surface area contributed by atoms with Crippen LogP contribution < -0.4 is 10.2 Å². The van der Waals surface area contributed by atoms with Gasteiger partial charge >= 0.3 is 0 Å². The van der Waals surface area contributed by atoms with E-state index >= 15 is 0 Å². The monoisotopic (exact) mass is 313 g/mol. The second-order valence-electron chi connectivity index (χ2n) is 5.80. The molecule has 0 aliphatic carbocycles. The van der Waals surface area contributed by atoms with E-state index < -0.39 is 6.10 Å². The highest BCUT2D eigenvalue weighted by Gasteiger charge is 2.27. The highest BCUT2D eigenvalue weighted by atomic mass is 16.3. The molecule has 1 saturated heterocycles. The number of hydrogen-bond donors (Lipinski definition) is 2. The van der Waals surface area contributed by atoms with Crippen LogP contribution in [0.3, 0.4) is 0 Å². The summed E-state index contributed by atoms with van der Waals surface area (Å²) in [4.78, 5) is 15.4. The van der Waals surface area contributed by atoms with Crippen LogP contribution in [0.2, 0.25) is 0 Å². The first kappa shape index (κ1) is 15.7. The first-order chi connectivity index (χ1) is 11.3. The zero-order chi connectivity index (χ0) is 16.1. The number of pyridine rings is 1. The van der Waals surface area contributed by atoms with Crippen LogP contribution in [0, 0.1) is 5.92 Å². The molecule has 1 aliphatic rings. The number of anilines is 2. The number of rotatable bonds is 5. The summed E-state index contributed by atoms with van der Waals surface area (Å²) in [6, 6.07) is 7.55. The van der Waals surface area contributed by atoms with Crippen LogP contribution >= 0.6 is 0 Å². The Kier molecular flexibility index (Phi) is 5.02. The lowest BCUT2D eigenvalue weighted by Gasteiger charge is -2.34. The predicted molar refractivity (Wildman–Crippen MR) is 90.3 cm³/mol. The van der Waals surface area contributed by atoms with Gasteiger partial charge in [-0.15, -0.1) is 0 Å². The Hall–Kier alpha value is -2.21. The zero-order valence-electron chi connectivity index (χ0n) is 13.4. The number of nitrogens with one attached hydrogen (secondary N) is 1. The SMILES string of the molecule is CCNc1ccnc(N2CCC(C(O)c3ccccn3)CC2)n1. The Morgan fingerprint density at radius 3 is 2.74 bits per heavy atom. The third kappa shape index (κ3) is 3.76. The molecule has 3 heterocycles. The first-order valence-corrected chi connectivity index (χ1v) is 8.18.